The fourth-order valence-electron chi connectivity index (χ4n) is 2.72. The van der Waals surface area contributed by atoms with Gasteiger partial charge in [-0.2, -0.15) is 0 Å². The van der Waals surface area contributed by atoms with Crippen LogP contribution in [-0.4, -0.2) is 44.0 Å². The molecule has 0 aliphatic heterocycles. The first-order valence-electron chi connectivity index (χ1n) is 8.84. The van der Waals surface area contributed by atoms with Crippen LogP contribution in [0.1, 0.15) is 18.9 Å². The summed E-state index contributed by atoms with van der Waals surface area (Å²) in [5, 5.41) is 2.83. The Morgan fingerprint density at radius 3 is 2.48 bits per heavy atom. The second-order valence-corrected chi connectivity index (χ2v) is 6.11. The van der Waals surface area contributed by atoms with Crippen LogP contribution >= 0.6 is 0 Å². The van der Waals surface area contributed by atoms with Gasteiger partial charge in [-0.25, -0.2) is 0 Å². The third-order valence-electron chi connectivity index (χ3n) is 4.24. The molecule has 1 N–H and O–H groups in total. The summed E-state index contributed by atoms with van der Waals surface area (Å²) in [6.45, 7) is 2.43. The van der Waals surface area contributed by atoms with E-state index < -0.39 is 0 Å². The summed E-state index contributed by atoms with van der Waals surface area (Å²) < 4.78 is 10.4. The lowest BCUT2D eigenvalue weighted by atomic mass is 10.1. The van der Waals surface area contributed by atoms with Crippen LogP contribution in [0.15, 0.2) is 48.5 Å². The molecule has 6 nitrogen and oxygen atoms in total. The predicted octanol–water partition coefficient (Wildman–Crippen LogP) is 3.12. The fraction of sp³-hybridized carbons (Fsp3) is 0.333. The first-order chi connectivity index (χ1) is 13.0. The first-order valence-corrected chi connectivity index (χ1v) is 8.84. The van der Waals surface area contributed by atoms with Gasteiger partial charge in [-0.15, -0.1) is 0 Å². The number of carbonyl (C=O) groups is 2. The first kappa shape index (κ1) is 20.3. The van der Waals surface area contributed by atoms with Crippen molar-refractivity contribution in [2.45, 2.75) is 19.8 Å². The Morgan fingerprint density at radius 2 is 1.78 bits per heavy atom. The van der Waals surface area contributed by atoms with Crippen LogP contribution in [0.3, 0.4) is 0 Å². The van der Waals surface area contributed by atoms with Crippen molar-refractivity contribution in [3.05, 3.63) is 54.1 Å². The van der Waals surface area contributed by atoms with Crippen LogP contribution in [0.4, 0.5) is 5.69 Å². The highest BCUT2D eigenvalue weighted by atomic mass is 16.5. The van der Waals surface area contributed by atoms with Gasteiger partial charge in [0.05, 0.1) is 19.9 Å². The molecule has 0 heterocycles. The van der Waals surface area contributed by atoms with Crippen LogP contribution in [0.2, 0.25) is 0 Å². The summed E-state index contributed by atoms with van der Waals surface area (Å²) >= 11 is 0. The van der Waals surface area contributed by atoms with Crippen molar-refractivity contribution in [3.63, 3.8) is 0 Å². The number of ether oxygens (including phenoxy) is 2. The average Bonchev–Trinajstić information content (AvgIpc) is 2.68. The maximum absolute atomic E-state index is 12.2. The number of amides is 2. The number of carbonyl (C=O) groups excluding carboxylic acids is 2. The summed E-state index contributed by atoms with van der Waals surface area (Å²) in [6, 6.07) is 15.0. The maximum atomic E-state index is 12.2. The lowest BCUT2D eigenvalue weighted by molar-refractivity contribution is -0.129. The fourth-order valence-corrected chi connectivity index (χ4v) is 2.72. The lowest BCUT2D eigenvalue weighted by Crippen LogP contribution is -2.33. The van der Waals surface area contributed by atoms with E-state index >= 15 is 0 Å². The zero-order valence-corrected chi connectivity index (χ0v) is 16.0. The standard InChI is InChI=1S/C21H26N2O4/c1-16(24)23(13-11-17-7-6-8-18(15-17)26-2)14-12-21(25)22-19-9-4-5-10-20(19)27-3/h4-10,15H,11-14H2,1-3H3,(H,22,25). The molecule has 0 unspecified atom stereocenters. The second-order valence-electron chi connectivity index (χ2n) is 6.11. The summed E-state index contributed by atoms with van der Waals surface area (Å²) in [7, 11) is 3.18. The Morgan fingerprint density at radius 1 is 1.00 bits per heavy atom. The molecule has 0 aliphatic rings. The van der Waals surface area contributed by atoms with E-state index in [1.165, 1.54) is 6.92 Å². The molecule has 6 heteroatoms. The van der Waals surface area contributed by atoms with E-state index in [1.54, 1.807) is 31.3 Å². The molecule has 0 radical (unpaired) electrons. The largest absolute Gasteiger partial charge is 0.497 e. The van der Waals surface area contributed by atoms with Gasteiger partial charge in [0.1, 0.15) is 11.5 Å². The van der Waals surface area contributed by atoms with E-state index in [-0.39, 0.29) is 18.2 Å². The maximum Gasteiger partial charge on any atom is 0.226 e. The quantitative estimate of drug-likeness (QED) is 0.736. The highest BCUT2D eigenvalue weighted by molar-refractivity contribution is 5.92. The van der Waals surface area contributed by atoms with Crippen molar-refractivity contribution < 1.29 is 19.1 Å². The molecule has 2 amide bonds. The van der Waals surface area contributed by atoms with E-state index in [2.05, 4.69) is 5.32 Å². The Labute approximate surface area is 160 Å². The monoisotopic (exact) mass is 370 g/mol. The molecule has 144 valence electrons. The molecular formula is C21H26N2O4. The van der Waals surface area contributed by atoms with Gasteiger partial charge in [0.2, 0.25) is 11.8 Å². The lowest BCUT2D eigenvalue weighted by Gasteiger charge is -2.21. The van der Waals surface area contributed by atoms with Crippen molar-refractivity contribution in [2.24, 2.45) is 0 Å². The second kappa shape index (κ2) is 10.2. The molecule has 2 rings (SSSR count). The van der Waals surface area contributed by atoms with Gasteiger partial charge in [-0.1, -0.05) is 24.3 Å². The molecule has 0 saturated heterocycles. The predicted molar refractivity (Wildman–Crippen MR) is 105 cm³/mol. The van der Waals surface area contributed by atoms with Crippen molar-refractivity contribution in [3.8, 4) is 11.5 Å². The molecule has 27 heavy (non-hydrogen) atoms. The number of hydrogen-bond donors (Lipinski definition) is 1. The van der Waals surface area contributed by atoms with Gasteiger partial charge in [0.15, 0.2) is 0 Å². The van der Waals surface area contributed by atoms with Crippen LogP contribution in [-0.2, 0) is 16.0 Å². The number of anilines is 1. The number of nitrogens with one attached hydrogen (secondary N) is 1. The zero-order chi connectivity index (χ0) is 19.6. The smallest absolute Gasteiger partial charge is 0.226 e. The zero-order valence-electron chi connectivity index (χ0n) is 16.0. The van der Waals surface area contributed by atoms with Crippen molar-refractivity contribution >= 4 is 17.5 Å². The number of para-hydroxylation sites is 2. The highest BCUT2D eigenvalue weighted by Gasteiger charge is 2.13. The summed E-state index contributed by atoms with van der Waals surface area (Å²) in [4.78, 5) is 25.8. The molecule has 2 aromatic rings. The highest BCUT2D eigenvalue weighted by Crippen LogP contribution is 2.23. The number of nitrogens with zero attached hydrogens (tertiary/aromatic N) is 1. The van der Waals surface area contributed by atoms with Gasteiger partial charge in [0.25, 0.3) is 0 Å². The third-order valence-corrected chi connectivity index (χ3v) is 4.24. The van der Waals surface area contributed by atoms with Crippen molar-refractivity contribution in [1.29, 1.82) is 0 Å². The Hall–Kier alpha value is -3.02. The molecular weight excluding hydrogens is 344 g/mol. The molecule has 0 bridgehead atoms. The van der Waals surface area contributed by atoms with E-state index in [0.29, 0.717) is 30.9 Å². The summed E-state index contributed by atoms with van der Waals surface area (Å²) in [5.41, 5.74) is 1.70. The molecule has 0 aromatic heterocycles. The van der Waals surface area contributed by atoms with Crippen molar-refractivity contribution in [1.82, 2.24) is 4.90 Å². The Kier molecular flexibility index (Phi) is 7.67. The van der Waals surface area contributed by atoms with Crippen LogP contribution < -0.4 is 14.8 Å². The van der Waals surface area contributed by atoms with E-state index in [0.717, 1.165) is 11.3 Å². The Balaban J connectivity index is 1.88. The number of rotatable bonds is 9. The van der Waals surface area contributed by atoms with Crippen molar-refractivity contribution in [2.75, 3.05) is 32.6 Å². The summed E-state index contributed by atoms with van der Waals surface area (Å²) in [5.74, 6) is 1.18. The van der Waals surface area contributed by atoms with E-state index in [1.807, 2.05) is 36.4 Å². The average molecular weight is 370 g/mol. The van der Waals surface area contributed by atoms with Gasteiger partial charge < -0.3 is 19.7 Å². The molecule has 2 aromatic carbocycles. The number of methoxy groups -OCH3 is 2. The van der Waals surface area contributed by atoms with E-state index in [4.69, 9.17) is 9.47 Å². The molecule has 0 atom stereocenters. The topological polar surface area (TPSA) is 67.9 Å². The summed E-state index contributed by atoms with van der Waals surface area (Å²) in [6.07, 6.45) is 0.917. The van der Waals surface area contributed by atoms with Crippen LogP contribution in [0, 0.1) is 0 Å². The van der Waals surface area contributed by atoms with Gasteiger partial charge in [-0.3, -0.25) is 9.59 Å². The van der Waals surface area contributed by atoms with Gasteiger partial charge in [0, 0.05) is 26.4 Å². The number of hydrogen-bond acceptors (Lipinski definition) is 4. The SMILES string of the molecule is COc1cccc(CCN(CCC(=O)Nc2ccccc2OC)C(C)=O)c1. The minimum atomic E-state index is -0.160. The van der Waals surface area contributed by atoms with Crippen LogP contribution in [0.5, 0.6) is 11.5 Å². The Bertz CT molecular complexity index is 776. The molecule has 0 fully saturated rings. The van der Waals surface area contributed by atoms with E-state index in [9.17, 15) is 9.59 Å². The minimum absolute atomic E-state index is 0.0528. The number of benzene rings is 2. The van der Waals surface area contributed by atoms with Crippen LogP contribution in [0.25, 0.3) is 0 Å². The normalized spacial score (nSPS) is 10.2. The van der Waals surface area contributed by atoms with Gasteiger partial charge in [-0.05, 0) is 36.2 Å². The molecule has 0 saturated carbocycles. The van der Waals surface area contributed by atoms with Gasteiger partial charge >= 0.3 is 0 Å². The minimum Gasteiger partial charge on any atom is -0.497 e. The molecule has 0 spiro atoms. The molecule has 0 aliphatic carbocycles. The third kappa shape index (κ3) is 6.33.